The smallest absolute Gasteiger partial charge is 0.343 e. The zero-order valence-electron chi connectivity index (χ0n) is 25.7. The number of hydrogen-bond acceptors (Lipinski definition) is 11. The number of aromatic carboxylic acids is 1. The number of esters is 2. The van der Waals surface area contributed by atoms with Gasteiger partial charge in [-0.05, 0) is 62.7 Å². The van der Waals surface area contributed by atoms with Crippen molar-refractivity contribution in [3.05, 3.63) is 101 Å². The highest BCUT2D eigenvalue weighted by Crippen LogP contribution is 2.36. The van der Waals surface area contributed by atoms with Crippen LogP contribution >= 0.6 is 22.9 Å². The fourth-order valence-corrected chi connectivity index (χ4v) is 6.23. The molecule has 244 valence electrons. The van der Waals surface area contributed by atoms with Gasteiger partial charge >= 0.3 is 17.9 Å². The number of carbonyl (C=O) groups excluding carboxylic acids is 2. The largest absolute Gasteiger partial charge is 0.490 e. The molecule has 1 atom stereocenters. The number of thiazole rings is 1. The van der Waals surface area contributed by atoms with Crippen LogP contribution in [0, 0.1) is 0 Å². The van der Waals surface area contributed by atoms with Crippen LogP contribution in [-0.4, -0.2) is 54.5 Å². The molecule has 4 aromatic rings. The van der Waals surface area contributed by atoms with Gasteiger partial charge in [0.15, 0.2) is 22.9 Å². The molecule has 0 amide bonds. The number of fused-ring (bicyclic) bond motifs is 1. The van der Waals surface area contributed by atoms with Gasteiger partial charge < -0.3 is 28.5 Å². The molecule has 0 bridgehead atoms. The average Bonchev–Trinajstić information content (AvgIpc) is 3.63. The first-order valence-corrected chi connectivity index (χ1v) is 15.5. The molecule has 1 aliphatic heterocycles. The van der Waals surface area contributed by atoms with E-state index in [1.807, 2.05) is 0 Å². The van der Waals surface area contributed by atoms with Crippen LogP contribution in [0.15, 0.2) is 74.0 Å². The van der Waals surface area contributed by atoms with Crippen LogP contribution in [0.4, 0.5) is 0 Å². The van der Waals surface area contributed by atoms with E-state index in [2.05, 4.69) is 9.73 Å². The molecule has 1 N–H and O–H groups in total. The molecule has 2 aromatic carbocycles. The third-order valence-corrected chi connectivity index (χ3v) is 8.35. The summed E-state index contributed by atoms with van der Waals surface area (Å²) in [5.41, 5.74) is 1.17. The number of allylic oxidation sites excluding steroid dienone is 1. The van der Waals surface area contributed by atoms with Gasteiger partial charge in [0.05, 0.1) is 52.8 Å². The minimum absolute atomic E-state index is 0.0351. The standard InChI is InChI=1S/C33H29ClN2O10S/c1-5-43-25-14-19(8-11-24(25)45-16-27(37)42-4)29-28(32(41)44-6-2)17(3)35-33-36(29)30(38)26(47-33)15-20-9-12-23(46-20)18-7-10-21(31(39)40)22(34)13-18/h7-15,29H,5-6,16H2,1-4H3,(H,39,40)/b26-15-/t29-/m0/s1. The molecule has 1 aliphatic rings. The van der Waals surface area contributed by atoms with E-state index in [0.29, 0.717) is 38.9 Å². The van der Waals surface area contributed by atoms with Crippen molar-refractivity contribution in [2.24, 2.45) is 4.99 Å². The highest BCUT2D eigenvalue weighted by Gasteiger charge is 2.34. The highest BCUT2D eigenvalue weighted by molar-refractivity contribution is 7.07. The Balaban J connectivity index is 1.60. The molecule has 5 rings (SSSR count). The molecule has 3 heterocycles. The number of hydrogen-bond donors (Lipinski definition) is 1. The van der Waals surface area contributed by atoms with Crippen molar-refractivity contribution in [3.63, 3.8) is 0 Å². The molecular formula is C33H29ClN2O10S. The van der Waals surface area contributed by atoms with E-state index in [1.165, 1.54) is 23.8 Å². The lowest BCUT2D eigenvalue weighted by Gasteiger charge is -2.25. The maximum atomic E-state index is 14.0. The number of nitrogens with zero attached hydrogens (tertiary/aromatic N) is 2. The summed E-state index contributed by atoms with van der Waals surface area (Å²) in [5, 5.41) is 9.32. The Morgan fingerprint density at radius 2 is 1.85 bits per heavy atom. The highest BCUT2D eigenvalue weighted by atomic mass is 35.5. The van der Waals surface area contributed by atoms with Gasteiger partial charge in [-0.3, -0.25) is 9.36 Å². The Bertz CT molecular complexity index is 2090. The van der Waals surface area contributed by atoms with E-state index >= 15 is 0 Å². The SMILES string of the molecule is CCOC(=O)C1=C(C)N=c2s/c(=C\c3ccc(-c4ccc(C(=O)O)c(Cl)c4)o3)c(=O)n2[C@H]1c1ccc(OCC(=O)OC)c(OCC)c1. The number of methoxy groups -OCH3 is 1. The maximum Gasteiger partial charge on any atom is 0.343 e. The number of rotatable bonds is 11. The Labute approximate surface area is 276 Å². The van der Waals surface area contributed by atoms with Crippen LogP contribution in [0.1, 0.15) is 48.5 Å². The van der Waals surface area contributed by atoms with Crippen molar-refractivity contribution in [2.45, 2.75) is 26.8 Å². The zero-order valence-corrected chi connectivity index (χ0v) is 27.3. The number of carboxylic acid groups (broad SMARTS) is 1. The molecule has 2 aromatic heterocycles. The average molecular weight is 681 g/mol. The van der Waals surface area contributed by atoms with Crippen LogP contribution in [0.5, 0.6) is 11.5 Å². The minimum atomic E-state index is -1.14. The number of aromatic nitrogens is 1. The van der Waals surface area contributed by atoms with Crippen LogP contribution in [0.25, 0.3) is 17.4 Å². The van der Waals surface area contributed by atoms with Gasteiger partial charge in [-0.25, -0.2) is 19.4 Å². The number of furan rings is 1. The van der Waals surface area contributed by atoms with Crippen molar-refractivity contribution < 1.29 is 42.9 Å². The maximum absolute atomic E-state index is 14.0. The second-order valence-electron chi connectivity index (χ2n) is 10.0. The number of benzene rings is 2. The second-order valence-corrected chi connectivity index (χ2v) is 11.4. The molecular weight excluding hydrogens is 652 g/mol. The Morgan fingerprint density at radius 3 is 2.53 bits per heavy atom. The lowest BCUT2D eigenvalue weighted by atomic mass is 9.95. The molecule has 12 nitrogen and oxygen atoms in total. The predicted molar refractivity (Wildman–Crippen MR) is 172 cm³/mol. The first-order chi connectivity index (χ1) is 22.6. The van der Waals surface area contributed by atoms with Gasteiger partial charge in [-0.1, -0.05) is 35.1 Å². The van der Waals surface area contributed by atoms with Crippen LogP contribution in [0.3, 0.4) is 0 Å². The van der Waals surface area contributed by atoms with Gasteiger partial charge in [-0.15, -0.1) is 0 Å². The lowest BCUT2D eigenvalue weighted by Crippen LogP contribution is -2.40. The topological polar surface area (TPSA) is 156 Å². The van der Waals surface area contributed by atoms with Crippen molar-refractivity contribution in [1.82, 2.24) is 4.57 Å². The van der Waals surface area contributed by atoms with Gasteiger partial charge in [0, 0.05) is 11.6 Å². The molecule has 0 spiro atoms. The molecule has 0 saturated heterocycles. The minimum Gasteiger partial charge on any atom is -0.490 e. The van der Waals surface area contributed by atoms with E-state index in [1.54, 1.807) is 63.2 Å². The van der Waals surface area contributed by atoms with Crippen LogP contribution in [0.2, 0.25) is 5.02 Å². The summed E-state index contributed by atoms with van der Waals surface area (Å²) in [6, 6.07) is 11.8. The van der Waals surface area contributed by atoms with Crippen LogP contribution in [-0.2, 0) is 19.1 Å². The first-order valence-electron chi connectivity index (χ1n) is 14.3. The van der Waals surface area contributed by atoms with Crippen molar-refractivity contribution in [1.29, 1.82) is 0 Å². The summed E-state index contributed by atoms with van der Waals surface area (Å²) in [7, 11) is 1.25. The number of halogens is 1. The van der Waals surface area contributed by atoms with E-state index < -0.39 is 29.5 Å². The first kappa shape index (κ1) is 33.2. The number of carbonyl (C=O) groups is 3. The second kappa shape index (κ2) is 14.1. The zero-order chi connectivity index (χ0) is 33.8. The van der Waals surface area contributed by atoms with Crippen molar-refractivity contribution in [3.8, 4) is 22.8 Å². The normalized spacial score (nSPS) is 14.3. The fraction of sp³-hybridized carbons (Fsp3) is 0.242. The summed E-state index contributed by atoms with van der Waals surface area (Å²) in [6.45, 7) is 5.20. The Morgan fingerprint density at radius 1 is 1.06 bits per heavy atom. The molecule has 0 saturated carbocycles. The van der Waals surface area contributed by atoms with E-state index in [-0.39, 0.29) is 46.3 Å². The van der Waals surface area contributed by atoms with E-state index in [9.17, 15) is 24.3 Å². The summed E-state index contributed by atoms with van der Waals surface area (Å²) in [4.78, 5) is 55.3. The Hall–Kier alpha value is -5.14. The van der Waals surface area contributed by atoms with Gasteiger partial charge in [0.1, 0.15) is 11.5 Å². The molecule has 0 aliphatic carbocycles. The number of carboxylic acids is 1. The van der Waals surface area contributed by atoms with Crippen LogP contribution < -0.4 is 24.4 Å². The summed E-state index contributed by atoms with van der Waals surface area (Å²) >= 11 is 7.25. The van der Waals surface area contributed by atoms with E-state index in [4.69, 9.17) is 30.2 Å². The third kappa shape index (κ3) is 6.86. The summed E-state index contributed by atoms with van der Waals surface area (Å²) in [5.74, 6) is -0.997. The Kier molecular flexibility index (Phi) is 9.97. The van der Waals surface area contributed by atoms with Gasteiger partial charge in [0.25, 0.3) is 5.56 Å². The molecule has 47 heavy (non-hydrogen) atoms. The molecule has 14 heteroatoms. The van der Waals surface area contributed by atoms with Gasteiger partial charge in [0.2, 0.25) is 0 Å². The summed E-state index contributed by atoms with van der Waals surface area (Å²) < 4.78 is 29.1. The van der Waals surface area contributed by atoms with Crippen molar-refractivity contribution in [2.75, 3.05) is 26.9 Å². The number of ether oxygens (including phenoxy) is 4. The monoisotopic (exact) mass is 680 g/mol. The fourth-order valence-electron chi connectivity index (χ4n) is 4.94. The van der Waals surface area contributed by atoms with Crippen molar-refractivity contribution >= 4 is 46.9 Å². The summed E-state index contributed by atoms with van der Waals surface area (Å²) in [6.07, 6.45) is 1.57. The van der Waals surface area contributed by atoms with E-state index in [0.717, 1.165) is 11.3 Å². The quantitative estimate of drug-likeness (QED) is 0.226. The third-order valence-electron chi connectivity index (χ3n) is 7.06. The predicted octanol–water partition coefficient (Wildman–Crippen LogP) is 4.36. The molecule has 0 fully saturated rings. The molecule has 0 unspecified atom stereocenters. The lowest BCUT2D eigenvalue weighted by molar-refractivity contribution is -0.143. The molecule has 0 radical (unpaired) electrons. The van der Waals surface area contributed by atoms with Gasteiger partial charge in [-0.2, -0.15) is 0 Å².